The molecular formula is C27H27F3. The molecule has 1 aliphatic carbocycles. The first kappa shape index (κ1) is 20.7. The largest absolute Gasteiger partial charge is 0.207 e. The van der Waals surface area contributed by atoms with Gasteiger partial charge in [0, 0.05) is 11.6 Å². The van der Waals surface area contributed by atoms with Gasteiger partial charge in [0.25, 0.3) is 0 Å². The number of aryl methyl sites for hydroxylation is 2. The Labute approximate surface area is 176 Å². The fourth-order valence-corrected chi connectivity index (χ4v) is 4.51. The molecule has 3 heteroatoms. The highest BCUT2D eigenvalue weighted by atomic mass is 19.1. The van der Waals surface area contributed by atoms with Gasteiger partial charge < -0.3 is 0 Å². The molecule has 0 saturated carbocycles. The van der Waals surface area contributed by atoms with Crippen LogP contribution < -0.4 is 0 Å². The predicted octanol–water partition coefficient (Wildman–Crippen LogP) is 8.05. The van der Waals surface area contributed by atoms with Crippen LogP contribution in [0.3, 0.4) is 0 Å². The molecule has 0 bridgehead atoms. The van der Waals surface area contributed by atoms with Crippen molar-refractivity contribution in [1.29, 1.82) is 0 Å². The molecule has 30 heavy (non-hydrogen) atoms. The normalized spacial score (nSPS) is 12.5. The molecule has 0 atom stereocenters. The van der Waals surface area contributed by atoms with E-state index in [-0.39, 0.29) is 16.9 Å². The third kappa shape index (κ3) is 4.30. The first-order valence-electron chi connectivity index (χ1n) is 11.0. The molecule has 0 aliphatic heterocycles. The van der Waals surface area contributed by atoms with Gasteiger partial charge in [-0.3, -0.25) is 0 Å². The Morgan fingerprint density at radius 3 is 2.17 bits per heavy atom. The smallest absolute Gasteiger partial charge is 0.134 e. The van der Waals surface area contributed by atoms with Crippen LogP contribution in [0.1, 0.15) is 55.7 Å². The Kier molecular flexibility index (Phi) is 6.26. The summed E-state index contributed by atoms with van der Waals surface area (Å²) < 4.78 is 42.5. The van der Waals surface area contributed by atoms with Gasteiger partial charge in [0.1, 0.15) is 17.5 Å². The number of hydrogen-bond donors (Lipinski definition) is 0. The van der Waals surface area contributed by atoms with Crippen LogP contribution in [0.2, 0.25) is 0 Å². The summed E-state index contributed by atoms with van der Waals surface area (Å²) in [7, 11) is 0. The Bertz CT molecular complexity index is 1030. The molecule has 0 amide bonds. The Hall–Kier alpha value is -2.55. The first-order valence-corrected chi connectivity index (χ1v) is 11.0. The highest BCUT2D eigenvalue weighted by Gasteiger charge is 2.22. The third-order valence-electron chi connectivity index (χ3n) is 6.09. The van der Waals surface area contributed by atoms with Crippen molar-refractivity contribution in [3.05, 3.63) is 82.7 Å². The second kappa shape index (κ2) is 9.07. The fraction of sp³-hybridized carbons (Fsp3) is 0.333. The standard InChI is InChI=1S/C27H27F3/c1-2-3-4-5-6-7-18-8-10-23-19(14-18)9-11-26-25(23)13-12-24(27(26)30)20-15-21(28)17-22(29)16-20/h8,10,12-17H,2-7,9,11H2,1H3. The minimum Gasteiger partial charge on any atom is -0.207 e. The molecule has 0 spiro atoms. The van der Waals surface area contributed by atoms with Crippen LogP contribution in [0, 0.1) is 17.5 Å². The first-order chi connectivity index (χ1) is 14.6. The number of unbranched alkanes of at least 4 members (excludes halogenated alkanes) is 4. The van der Waals surface area contributed by atoms with E-state index >= 15 is 4.39 Å². The summed E-state index contributed by atoms with van der Waals surface area (Å²) in [6.07, 6.45) is 8.79. The van der Waals surface area contributed by atoms with Crippen molar-refractivity contribution in [2.24, 2.45) is 0 Å². The average molecular weight is 409 g/mol. The summed E-state index contributed by atoms with van der Waals surface area (Å²) in [5.41, 5.74) is 5.69. The lowest BCUT2D eigenvalue weighted by Crippen LogP contribution is -2.08. The van der Waals surface area contributed by atoms with E-state index in [0.717, 1.165) is 30.0 Å². The highest BCUT2D eigenvalue weighted by Crippen LogP contribution is 2.39. The maximum atomic E-state index is 15.3. The molecule has 0 radical (unpaired) electrons. The van der Waals surface area contributed by atoms with Crippen LogP contribution in [-0.4, -0.2) is 0 Å². The maximum Gasteiger partial charge on any atom is 0.134 e. The lowest BCUT2D eigenvalue weighted by atomic mass is 9.82. The number of halogens is 3. The molecule has 0 fully saturated rings. The van der Waals surface area contributed by atoms with Gasteiger partial charge in [0.05, 0.1) is 0 Å². The minimum absolute atomic E-state index is 0.233. The fourth-order valence-electron chi connectivity index (χ4n) is 4.51. The summed E-state index contributed by atoms with van der Waals surface area (Å²) >= 11 is 0. The van der Waals surface area contributed by atoms with E-state index in [2.05, 4.69) is 25.1 Å². The van der Waals surface area contributed by atoms with Gasteiger partial charge in [0.2, 0.25) is 0 Å². The van der Waals surface area contributed by atoms with E-state index in [1.807, 2.05) is 6.07 Å². The van der Waals surface area contributed by atoms with Crippen molar-refractivity contribution >= 4 is 0 Å². The van der Waals surface area contributed by atoms with Gasteiger partial charge in [-0.1, -0.05) is 62.9 Å². The van der Waals surface area contributed by atoms with E-state index < -0.39 is 11.6 Å². The van der Waals surface area contributed by atoms with E-state index in [1.165, 1.54) is 55.4 Å². The lowest BCUT2D eigenvalue weighted by Gasteiger charge is -2.22. The molecule has 156 valence electrons. The van der Waals surface area contributed by atoms with Crippen molar-refractivity contribution in [3.63, 3.8) is 0 Å². The van der Waals surface area contributed by atoms with Crippen molar-refractivity contribution in [3.8, 4) is 22.3 Å². The summed E-state index contributed by atoms with van der Waals surface area (Å²) in [5.74, 6) is -1.77. The molecule has 0 nitrogen and oxygen atoms in total. The molecule has 0 heterocycles. The molecule has 1 aliphatic rings. The molecule has 0 saturated heterocycles. The summed E-state index contributed by atoms with van der Waals surface area (Å²) in [6, 6.07) is 13.2. The van der Waals surface area contributed by atoms with Crippen molar-refractivity contribution in [2.75, 3.05) is 0 Å². The van der Waals surface area contributed by atoms with Gasteiger partial charge in [-0.05, 0) is 71.2 Å². The van der Waals surface area contributed by atoms with E-state index in [1.54, 1.807) is 6.07 Å². The van der Waals surface area contributed by atoms with E-state index in [4.69, 9.17) is 0 Å². The van der Waals surface area contributed by atoms with Crippen molar-refractivity contribution in [1.82, 2.24) is 0 Å². The second-order valence-electron chi connectivity index (χ2n) is 8.27. The quantitative estimate of drug-likeness (QED) is 0.347. The van der Waals surface area contributed by atoms with Gasteiger partial charge in [-0.2, -0.15) is 0 Å². The van der Waals surface area contributed by atoms with Crippen LogP contribution in [0.15, 0.2) is 48.5 Å². The van der Waals surface area contributed by atoms with E-state index in [9.17, 15) is 8.78 Å². The van der Waals surface area contributed by atoms with Gasteiger partial charge >= 0.3 is 0 Å². The molecular weight excluding hydrogens is 381 g/mol. The monoisotopic (exact) mass is 408 g/mol. The average Bonchev–Trinajstić information content (AvgIpc) is 2.73. The molecule has 0 unspecified atom stereocenters. The number of fused-ring (bicyclic) bond motifs is 3. The minimum atomic E-state index is -0.699. The lowest BCUT2D eigenvalue weighted by molar-refractivity contribution is 0.583. The highest BCUT2D eigenvalue weighted by molar-refractivity contribution is 5.78. The Balaban J connectivity index is 1.59. The topological polar surface area (TPSA) is 0 Å². The van der Waals surface area contributed by atoms with Gasteiger partial charge in [-0.25, -0.2) is 13.2 Å². The van der Waals surface area contributed by atoms with Crippen molar-refractivity contribution in [2.45, 2.75) is 58.3 Å². The molecule has 3 aromatic carbocycles. The summed E-state index contributed by atoms with van der Waals surface area (Å²) in [4.78, 5) is 0. The van der Waals surface area contributed by atoms with Crippen LogP contribution in [0.5, 0.6) is 0 Å². The zero-order valence-electron chi connectivity index (χ0n) is 17.4. The second-order valence-corrected chi connectivity index (χ2v) is 8.27. The van der Waals surface area contributed by atoms with Crippen LogP contribution >= 0.6 is 0 Å². The van der Waals surface area contributed by atoms with E-state index in [0.29, 0.717) is 12.0 Å². The number of rotatable bonds is 7. The molecule has 4 rings (SSSR count). The zero-order chi connectivity index (χ0) is 21.1. The van der Waals surface area contributed by atoms with Gasteiger partial charge in [0.15, 0.2) is 0 Å². The SMILES string of the molecule is CCCCCCCc1ccc2c(c1)CCc1c-2ccc(-c2cc(F)cc(F)c2)c1F. The number of hydrogen-bond acceptors (Lipinski definition) is 0. The summed E-state index contributed by atoms with van der Waals surface area (Å²) in [6.45, 7) is 2.23. The summed E-state index contributed by atoms with van der Waals surface area (Å²) in [5, 5.41) is 0. The number of benzene rings is 3. The molecule has 3 aromatic rings. The maximum absolute atomic E-state index is 15.3. The predicted molar refractivity (Wildman–Crippen MR) is 117 cm³/mol. The third-order valence-corrected chi connectivity index (χ3v) is 6.09. The zero-order valence-corrected chi connectivity index (χ0v) is 17.4. The Morgan fingerprint density at radius 1 is 0.700 bits per heavy atom. The van der Waals surface area contributed by atoms with Gasteiger partial charge in [-0.15, -0.1) is 0 Å². The van der Waals surface area contributed by atoms with Crippen molar-refractivity contribution < 1.29 is 13.2 Å². The van der Waals surface area contributed by atoms with Crippen LogP contribution in [0.4, 0.5) is 13.2 Å². The van der Waals surface area contributed by atoms with Crippen LogP contribution in [-0.2, 0) is 19.3 Å². The molecule has 0 N–H and O–H groups in total. The molecule has 0 aromatic heterocycles. The van der Waals surface area contributed by atoms with Crippen LogP contribution in [0.25, 0.3) is 22.3 Å². The Morgan fingerprint density at radius 2 is 1.40 bits per heavy atom.